The summed E-state index contributed by atoms with van der Waals surface area (Å²) in [6, 6.07) is 10.2. The van der Waals surface area contributed by atoms with E-state index in [9.17, 15) is 9.59 Å². The molecule has 0 saturated heterocycles. The van der Waals surface area contributed by atoms with Crippen LogP contribution >= 0.6 is 11.6 Å². The highest BCUT2D eigenvalue weighted by atomic mass is 35.5. The van der Waals surface area contributed by atoms with Gasteiger partial charge >= 0.3 is 0 Å². The van der Waals surface area contributed by atoms with E-state index in [4.69, 9.17) is 16.0 Å². The average Bonchev–Trinajstić information content (AvgIpc) is 3.07. The highest BCUT2D eigenvalue weighted by Crippen LogP contribution is 2.30. The monoisotopic (exact) mass is 330 g/mol. The molecule has 0 fully saturated rings. The van der Waals surface area contributed by atoms with Gasteiger partial charge in [0.2, 0.25) is 0 Å². The first-order valence-corrected chi connectivity index (χ1v) is 7.58. The first kappa shape index (κ1) is 15.4. The van der Waals surface area contributed by atoms with E-state index in [1.165, 1.54) is 6.08 Å². The maximum atomic E-state index is 12.0. The second-order valence-electron chi connectivity index (χ2n) is 5.34. The molecule has 1 heterocycles. The summed E-state index contributed by atoms with van der Waals surface area (Å²) in [7, 11) is 0. The molecular formula is C17H15ClN2O3. The lowest BCUT2D eigenvalue weighted by molar-refractivity contribution is -0.115. The van der Waals surface area contributed by atoms with Crippen LogP contribution in [0.2, 0.25) is 5.02 Å². The number of hydrogen-bond acceptors (Lipinski definition) is 4. The summed E-state index contributed by atoms with van der Waals surface area (Å²) in [5, 5.41) is 0.566. The van der Waals surface area contributed by atoms with Crippen molar-refractivity contribution in [2.75, 3.05) is 0 Å². The molecule has 23 heavy (non-hydrogen) atoms. The van der Waals surface area contributed by atoms with Gasteiger partial charge < -0.3 is 9.84 Å². The van der Waals surface area contributed by atoms with E-state index < -0.39 is 0 Å². The van der Waals surface area contributed by atoms with Gasteiger partial charge in [0.1, 0.15) is 5.76 Å². The largest absolute Gasteiger partial charge is 0.469 e. The minimum Gasteiger partial charge on any atom is -0.469 e. The van der Waals surface area contributed by atoms with E-state index in [1.807, 2.05) is 6.07 Å². The van der Waals surface area contributed by atoms with Crippen LogP contribution in [0.5, 0.6) is 0 Å². The van der Waals surface area contributed by atoms with Gasteiger partial charge in [-0.05, 0) is 42.8 Å². The van der Waals surface area contributed by atoms with Crippen LogP contribution in [0.4, 0.5) is 0 Å². The zero-order chi connectivity index (χ0) is 16.2. The smallest absolute Gasteiger partial charge is 0.269 e. The number of hydrazine groups is 1. The predicted molar refractivity (Wildman–Crippen MR) is 85.8 cm³/mol. The van der Waals surface area contributed by atoms with E-state index in [2.05, 4.69) is 10.9 Å². The van der Waals surface area contributed by atoms with Gasteiger partial charge in [-0.3, -0.25) is 15.0 Å². The standard InChI is InChI=1S/C17H15ClN2O3/c18-13-5-3-11(4-6-13)17(22)20-19-14-8-12(9-15(21)10-14)16-2-1-7-23-16/h1-7,10,12,19H,8-9H2,(H,20,22)/t12-/m1/s1. The third-order valence-electron chi connectivity index (χ3n) is 3.64. The van der Waals surface area contributed by atoms with Gasteiger partial charge in [0.05, 0.1) is 6.26 Å². The Kier molecular flexibility index (Phi) is 4.48. The lowest BCUT2D eigenvalue weighted by Gasteiger charge is -2.21. The molecule has 3 rings (SSSR count). The number of halogens is 1. The molecule has 118 valence electrons. The van der Waals surface area contributed by atoms with Crippen molar-refractivity contribution in [2.45, 2.75) is 18.8 Å². The maximum absolute atomic E-state index is 12.0. The third-order valence-corrected chi connectivity index (χ3v) is 3.89. The Balaban J connectivity index is 1.62. The molecule has 0 bridgehead atoms. The molecule has 6 heteroatoms. The second kappa shape index (κ2) is 6.71. The molecular weight excluding hydrogens is 316 g/mol. The molecule has 1 aromatic carbocycles. The number of nitrogens with one attached hydrogen (secondary N) is 2. The fourth-order valence-corrected chi connectivity index (χ4v) is 2.64. The minimum absolute atomic E-state index is 0.000826. The summed E-state index contributed by atoms with van der Waals surface area (Å²) in [5.74, 6) is 0.461. The van der Waals surface area contributed by atoms with Crippen molar-refractivity contribution < 1.29 is 14.0 Å². The van der Waals surface area contributed by atoms with Crippen molar-refractivity contribution in [1.82, 2.24) is 10.9 Å². The van der Waals surface area contributed by atoms with Crippen molar-refractivity contribution in [2.24, 2.45) is 0 Å². The van der Waals surface area contributed by atoms with Gasteiger partial charge in [-0.1, -0.05) is 11.6 Å². The molecule has 5 nitrogen and oxygen atoms in total. The fourth-order valence-electron chi connectivity index (χ4n) is 2.52. The van der Waals surface area contributed by atoms with Crippen molar-refractivity contribution in [3.63, 3.8) is 0 Å². The fraction of sp³-hybridized carbons (Fsp3) is 0.176. The zero-order valence-electron chi connectivity index (χ0n) is 12.2. The van der Waals surface area contributed by atoms with E-state index in [0.717, 1.165) is 5.76 Å². The summed E-state index contributed by atoms with van der Waals surface area (Å²) in [6.07, 6.45) is 4.11. The average molecular weight is 331 g/mol. The van der Waals surface area contributed by atoms with E-state index in [1.54, 1.807) is 36.6 Å². The molecule has 0 unspecified atom stereocenters. The summed E-state index contributed by atoms with van der Waals surface area (Å²) < 4.78 is 5.37. The Bertz CT molecular complexity index is 736. The van der Waals surface area contributed by atoms with E-state index in [0.29, 0.717) is 29.1 Å². The molecule has 1 atom stereocenters. The van der Waals surface area contributed by atoms with E-state index in [-0.39, 0.29) is 17.6 Å². The molecule has 0 saturated carbocycles. The topological polar surface area (TPSA) is 71.3 Å². The number of carbonyl (C=O) groups is 2. The number of benzene rings is 1. The highest BCUT2D eigenvalue weighted by Gasteiger charge is 2.24. The second-order valence-corrected chi connectivity index (χ2v) is 5.78. The Morgan fingerprint density at radius 1 is 1.17 bits per heavy atom. The summed E-state index contributed by atoms with van der Waals surface area (Å²) in [4.78, 5) is 23.9. The number of amides is 1. The van der Waals surface area contributed by atoms with Crippen molar-refractivity contribution in [1.29, 1.82) is 0 Å². The lowest BCUT2D eigenvalue weighted by Crippen LogP contribution is -2.38. The van der Waals surface area contributed by atoms with Crippen LogP contribution in [0, 0.1) is 0 Å². The quantitative estimate of drug-likeness (QED) is 0.844. The first-order chi connectivity index (χ1) is 11.1. The van der Waals surface area contributed by atoms with Crippen LogP contribution in [0.1, 0.15) is 34.9 Å². The normalized spacial score (nSPS) is 17.5. The van der Waals surface area contributed by atoms with Crippen LogP contribution in [0.15, 0.2) is 58.9 Å². The minimum atomic E-state index is -0.296. The Morgan fingerprint density at radius 3 is 2.65 bits per heavy atom. The molecule has 1 aliphatic rings. The van der Waals surface area contributed by atoms with Crippen molar-refractivity contribution in [3.05, 3.63) is 70.8 Å². The summed E-state index contributed by atoms with van der Waals surface area (Å²) >= 11 is 5.79. The lowest BCUT2D eigenvalue weighted by atomic mass is 9.89. The summed E-state index contributed by atoms with van der Waals surface area (Å²) in [5.41, 5.74) is 6.55. The number of furan rings is 1. The Labute approximate surface area is 138 Å². The van der Waals surface area contributed by atoms with Crippen molar-refractivity contribution >= 4 is 23.3 Å². The zero-order valence-corrected chi connectivity index (χ0v) is 13.0. The Hall–Kier alpha value is -2.53. The van der Waals surface area contributed by atoms with Crippen LogP contribution in [-0.4, -0.2) is 11.7 Å². The number of allylic oxidation sites excluding steroid dienone is 2. The predicted octanol–water partition coefficient (Wildman–Crippen LogP) is 3.20. The molecule has 2 aromatic rings. The van der Waals surface area contributed by atoms with Gasteiger partial charge in [0.25, 0.3) is 5.91 Å². The molecule has 0 spiro atoms. The third kappa shape index (κ3) is 3.81. The molecule has 1 amide bonds. The molecule has 0 aliphatic heterocycles. The number of hydrogen-bond donors (Lipinski definition) is 2. The summed E-state index contributed by atoms with van der Waals surface area (Å²) in [6.45, 7) is 0. The molecule has 1 aromatic heterocycles. The van der Waals surface area contributed by atoms with Gasteiger partial charge in [-0.15, -0.1) is 0 Å². The van der Waals surface area contributed by atoms with Gasteiger partial charge in [-0.25, -0.2) is 0 Å². The first-order valence-electron chi connectivity index (χ1n) is 7.20. The molecule has 2 N–H and O–H groups in total. The molecule has 1 aliphatic carbocycles. The van der Waals surface area contributed by atoms with Crippen LogP contribution in [-0.2, 0) is 4.79 Å². The van der Waals surface area contributed by atoms with Crippen LogP contribution < -0.4 is 10.9 Å². The number of carbonyl (C=O) groups excluding carboxylic acids is 2. The SMILES string of the molecule is O=C1C=C(NNC(=O)c2ccc(Cl)cc2)C[C@@H](c2ccco2)C1. The maximum Gasteiger partial charge on any atom is 0.269 e. The molecule has 0 radical (unpaired) electrons. The van der Waals surface area contributed by atoms with Gasteiger partial charge in [-0.2, -0.15) is 0 Å². The number of rotatable bonds is 4. The highest BCUT2D eigenvalue weighted by molar-refractivity contribution is 6.30. The van der Waals surface area contributed by atoms with E-state index >= 15 is 0 Å². The van der Waals surface area contributed by atoms with Crippen LogP contribution in [0.25, 0.3) is 0 Å². The van der Waals surface area contributed by atoms with Crippen LogP contribution in [0.3, 0.4) is 0 Å². The number of ketones is 1. The van der Waals surface area contributed by atoms with Crippen molar-refractivity contribution in [3.8, 4) is 0 Å². The Morgan fingerprint density at radius 2 is 1.96 bits per heavy atom. The van der Waals surface area contributed by atoms with Gasteiger partial charge in [0, 0.05) is 34.7 Å². The van der Waals surface area contributed by atoms with Gasteiger partial charge in [0.15, 0.2) is 5.78 Å².